The van der Waals surface area contributed by atoms with Gasteiger partial charge in [0.1, 0.15) is 19.3 Å². The predicted octanol–water partition coefficient (Wildman–Crippen LogP) is 3.61. The van der Waals surface area contributed by atoms with Gasteiger partial charge in [-0.1, -0.05) is 24.3 Å². The number of aryl methyl sites for hydroxylation is 1. The summed E-state index contributed by atoms with van der Waals surface area (Å²) in [5, 5.41) is 10.6. The lowest BCUT2D eigenvalue weighted by atomic mass is 9.97. The number of fused-ring (bicyclic) bond motifs is 1. The fourth-order valence-corrected chi connectivity index (χ4v) is 2.94. The van der Waals surface area contributed by atoms with E-state index in [1.807, 2.05) is 43.3 Å². The van der Waals surface area contributed by atoms with E-state index in [2.05, 4.69) is 15.9 Å². The second kappa shape index (κ2) is 5.46. The van der Waals surface area contributed by atoms with Crippen molar-refractivity contribution in [2.75, 3.05) is 13.2 Å². The monoisotopic (exact) mass is 334 g/mol. The molecule has 0 bridgehead atoms. The Morgan fingerprint density at radius 3 is 2.70 bits per heavy atom. The molecule has 2 aromatic carbocycles. The van der Waals surface area contributed by atoms with Gasteiger partial charge in [-0.3, -0.25) is 0 Å². The van der Waals surface area contributed by atoms with Gasteiger partial charge in [0.15, 0.2) is 11.5 Å². The number of halogens is 1. The zero-order valence-corrected chi connectivity index (χ0v) is 12.7. The number of hydrogen-bond acceptors (Lipinski definition) is 3. The smallest absolute Gasteiger partial charge is 0.175 e. The number of rotatable bonds is 2. The predicted molar refractivity (Wildman–Crippen MR) is 80.4 cm³/mol. The van der Waals surface area contributed by atoms with Crippen molar-refractivity contribution < 1.29 is 14.6 Å². The van der Waals surface area contributed by atoms with E-state index in [0.29, 0.717) is 24.7 Å². The molecule has 1 heterocycles. The zero-order valence-electron chi connectivity index (χ0n) is 11.1. The van der Waals surface area contributed by atoms with Crippen LogP contribution in [0.2, 0.25) is 0 Å². The van der Waals surface area contributed by atoms with Gasteiger partial charge in [-0.05, 0) is 51.7 Å². The molecular formula is C16H15BrO3. The number of hydrogen-bond donors (Lipinski definition) is 1. The summed E-state index contributed by atoms with van der Waals surface area (Å²) in [4.78, 5) is 0. The summed E-state index contributed by atoms with van der Waals surface area (Å²) < 4.78 is 12.0. The van der Waals surface area contributed by atoms with Crippen LogP contribution in [0.1, 0.15) is 22.8 Å². The number of benzene rings is 2. The second-order valence-electron chi connectivity index (χ2n) is 4.79. The molecule has 104 valence electrons. The van der Waals surface area contributed by atoms with Gasteiger partial charge in [-0.2, -0.15) is 0 Å². The van der Waals surface area contributed by atoms with Crippen LogP contribution < -0.4 is 9.47 Å². The van der Waals surface area contributed by atoms with Crippen LogP contribution in [-0.4, -0.2) is 18.3 Å². The second-order valence-corrected chi connectivity index (χ2v) is 5.64. The quantitative estimate of drug-likeness (QED) is 0.911. The molecule has 1 atom stereocenters. The molecule has 3 rings (SSSR count). The summed E-state index contributed by atoms with van der Waals surface area (Å²) in [7, 11) is 0. The highest BCUT2D eigenvalue weighted by molar-refractivity contribution is 9.10. The Labute approximate surface area is 126 Å². The fourth-order valence-electron chi connectivity index (χ4n) is 2.36. The van der Waals surface area contributed by atoms with Crippen LogP contribution in [0.15, 0.2) is 40.9 Å². The Kier molecular flexibility index (Phi) is 3.68. The standard InChI is InChI=1S/C16H15BrO3/c1-10-4-2-3-5-12(10)15(18)11-8-13(17)16-14(9-11)19-6-7-20-16/h2-5,8-9,15,18H,6-7H2,1H3. The molecule has 0 aliphatic carbocycles. The van der Waals surface area contributed by atoms with Crippen molar-refractivity contribution in [3.8, 4) is 11.5 Å². The number of ether oxygens (including phenoxy) is 2. The molecule has 4 heteroatoms. The van der Waals surface area contributed by atoms with Crippen LogP contribution >= 0.6 is 15.9 Å². The van der Waals surface area contributed by atoms with E-state index >= 15 is 0 Å². The Morgan fingerprint density at radius 1 is 1.15 bits per heavy atom. The maximum absolute atomic E-state index is 10.6. The maximum Gasteiger partial charge on any atom is 0.175 e. The summed E-state index contributed by atoms with van der Waals surface area (Å²) in [6.45, 7) is 3.07. The Morgan fingerprint density at radius 2 is 1.90 bits per heavy atom. The van der Waals surface area contributed by atoms with Crippen molar-refractivity contribution in [1.29, 1.82) is 0 Å². The minimum atomic E-state index is -0.677. The van der Waals surface area contributed by atoms with Crippen molar-refractivity contribution in [3.05, 3.63) is 57.6 Å². The minimum absolute atomic E-state index is 0.531. The largest absolute Gasteiger partial charge is 0.486 e. The molecule has 0 saturated heterocycles. The lowest BCUT2D eigenvalue weighted by Gasteiger charge is -2.22. The third kappa shape index (κ3) is 2.41. The maximum atomic E-state index is 10.6. The van der Waals surface area contributed by atoms with Crippen LogP contribution in [0.3, 0.4) is 0 Å². The summed E-state index contributed by atoms with van der Waals surface area (Å²) >= 11 is 3.48. The molecule has 0 amide bonds. The van der Waals surface area contributed by atoms with Gasteiger partial charge >= 0.3 is 0 Å². The van der Waals surface area contributed by atoms with E-state index < -0.39 is 6.10 Å². The minimum Gasteiger partial charge on any atom is -0.486 e. The number of aliphatic hydroxyl groups is 1. The molecule has 0 spiro atoms. The first kappa shape index (κ1) is 13.5. The zero-order chi connectivity index (χ0) is 14.1. The first-order valence-corrected chi connectivity index (χ1v) is 7.29. The Balaban J connectivity index is 2.02. The molecule has 0 aromatic heterocycles. The fraction of sp³-hybridized carbons (Fsp3) is 0.250. The lowest BCUT2D eigenvalue weighted by molar-refractivity contribution is 0.168. The van der Waals surface area contributed by atoms with Crippen molar-refractivity contribution >= 4 is 15.9 Å². The van der Waals surface area contributed by atoms with E-state index in [1.165, 1.54) is 0 Å². The number of aliphatic hydroxyl groups excluding tert-OH is 1. The topological polar surface area (TPSA) is 38.7 Å². The molecule has 1 unspecified atom stereocenters. The van der Waals surface area contributed by atoms with Gasteiger partial charge in [0.05, 0.1) is 4.47 Å². The summed E-state index contributed by atoms with van der Waals surface area (Å²) in [6, 6.07) is 11.5. The molecular weight excluding hydrogens is 320 g/mol. The highest BCUT2D eigenvalue weighted by atomic mass is 79.9. The lowest BCUT2D eigenvalue weighted by Crippen LogP contribution is -2.16. The highest BCUT2D eigenvalue weighted by Crippen LogP contribution is 2.41. The van der Waals surface area contributed by atoms with Crippen molar-refractivity contribution in [3.63, 3.8) is 0 Å². The Hall–Kier alpha value is -1.52. The van der Waals surface area contributed by atoms with E-state index in [-0.39, 0.29) is 0 Å². The van der Waals surface area contributed by atoms with Gasteiger partial charge in [0, 0.05) is 0 Å². The Bertz CT molecular complexity index is 640. The molecule has 0 saturated carbocycles. The molecule has 0 fully saturated rings. The SMILES string of the molecule is Cc1ccccc1C(O)c1cc(Br)c2c(c1)OCCO2. The first-order valence-electron chi connectivity index (χ1n) is 6.49. The van der Waals surface area contributed by atoms with Crippen molar-refractivity contribution in [2.24, 2.45) is 0 Å². The van der Waals surface area contributed by atoms with Crippen LogP contribution in [-0.2, 0) is 0 Å². The van der Waals surface area contributed by atoms with E-state index in [0.717, 1.165) is 21.2 Å². The van der Waals surface area contributed by atoms with Gasteiger partial charge in [0.25, 0.3) is 0 Å². The molecule has 1 aliphatic heterocycles. The van der Waals surface area contributed by atoms with Crippen LogP contribution in [0, 0.1) is 6.92 Å². The molecule has 1 N–H and O–H groups in total. The molecule has 20 heavy (non-hydrogen) atoms. The summed E-state index contributed by atoms with van der Waals surface area (Å²) in [5.74, 6) is 1.38. The van der Waals surface area contributed by atoms with Crippen molar-refractivity contribution in [2.45, 2.75) is 13.0 Å². The molecule has 0 radical (unpaired) electrons. The van der Waals surface area contributed by atoms with Gasteiger partial charge < -0.3 is 14.6 Å². The first-order chi connectivity index (χ1) is 9.66. The third-order valence-corrected chi connectivity index (χ3v) is 4.01. The average molecular weight is 335 g/mol. The molecule has 3 nitrogen and oxygen atoms in total. The summed E-state index contributed by atoms with van der Waals surface area (Å²) in [5.41, 5.74) is 2.75. The van der Waals surface area contributed by atoms with E-state index in [1.54, 1.807) is 0 Å². The average Bonchev–Trinajstić information content (AvgIpc) is 2.47. The van der Waals surface area contributed by atoms with Crippen LogP contribution in [0.5, 0.6) is 11.5 Å². The normalized spacial score (nSPS) is 14.9. The van der Waals surface area contributed by atoms with Crippen LogP contribution in [0.4, 0.5) is 0 Å². The molecule has 2 aromatic rings. The molecule has 1 aliphatic rings. The van der Waals surface area contributed by atoms with E-state index in [9.17, 15) is 5.11 Å². The van der Waals surface area contributed by atoms with E-state index in [4.69, 9.17) is 9.47 Å². The van der Waals surface area contributed by atoms with Gasteiger partial charge in [0.2, 0.25) is 0 Å². The van der Waals surface area contributed by atoms with Gasteiger partial charge in [-0.15, -0.1) is 0 Å². The third-order valence-electron chi connectivity index (χ3n) is 3.42. The summed E-state index contributed by atoms with van der Waals surface area (Å²) in [6.07, 6.45) is -0.677. The van der Waals surface area contributed by atoms with Crippen molar-refractivity contribution in [1.82, 2.24) is 0 Å². The van der Waals surface area contributed by atoms with Crippen LogP contribution in [0.25, 0.3) is 0 Å². The highest BCUT2D eigenvalue weighted by Gasteiger charge is 2.20. The van der Waals surface area contributed by atoms with Gasteiger partial charge in [-0.25, -0.2) is 0 Å².